The van der Waals surface area contributed by atoms with Crippen molar-refractivity contribution in [3.63, 3.8) is 0 Å². The van der Waals surface area contributed by atoms with Crippen LogP contribution in [0.5, 0.6) is 0 Å². The van der Waals surface area contributed by atoms with Gasteiger partial charge in [0.05, 0.1) is 0 Å². The first kappa shape index (κ1) is 23.0. The van der Waals surface area contributed by atoms with Crippen molar-refractivity contribution in [1.29, 1.82) is 0 Å². The van der Waals surface area contributed by atoms with Crippen LogP contribution in [0.4, 0.5) is 30.7 Å². The summed E-state index contributed by atoms with van der Waals surface area (Å²) in [6, 6.07) is 7.81. The lowest BCUT2D eigenvalue weighted by Gasteiger charge is -2.41. The maximum Gasteiger partial charge on any atom is 0.431 e. The van der Waals surface area contributed by atoms with E-state index in [-0.39, 0.29) is 17.3 Å². The van der Waals surface area contributed by atoms with Gasteiger partial charge in [-0.25, -0.2) is 4.21 Å². The maximum atomic E-state index is 13.8. The second-order valence-corrected chi connectivity index (χ2v) is 7.68. The van der Waals surface area contributed by atoms with Crippen molar-refractivity contribution >= 4 is 22.6 Å². The summed E-state index contributed by atoms with van der Waals surface area (Å²) in [5, 5.41) is -10.8. The van der Waals surface area contributed by atoms with Crippen LogP contribution in [-0.4, -0.2) is 38.2 Å². The SMILES string of the molecule is CCO[C@H]1C[C@@H](c2ccccc2)C=C(C(F)(F)F)N1S(=O)C(F)(F)C(F)(F)Cl. The van der Waals surface area contributed by atoms with Crippen molar-refractivity contribution in [3.05, 3.63) is 47.7 Å². The standard InChI is InChI=1S/C16H15ClF7NO2S/c1-2-27-13-9-11(10-6-4-3-5-7-10)8-12(14(18,19)20)25(13)28(26)16(23,24)15(17,21)22/h3-8,11,13H,2,9H2,1H3/t11-,13-,28?/m0/s1. The summed E-state index contributed by atoms with van der Waals surface area (Å²) < 4.78 is 111. The summed E-state index contributed by atoms with van der Waals surface area (Å²) in [6.45, 7) is 1.15. The normalized spacial score (nSPS) is 22.8. The first-order chi connectivity index (χ1) is 12.8. The lowest BCUT2D eigenvalue weighted by Crippen LogP contribution is -2.54. The Balaban J connectivity index is 2.58. The molecule has 1 aliphatic heterocycles. The molecule has 0 spiro atoms. The Bertz CT molecular complexity index is 737. The molecule has 158 valence electrons. The van der Waals surface area contributed by atoms with E-state index in [4.69, 9.17) is 4.74 Å². The van der Waals surface area contributed by atoms with Gasteiger partial charge in [0.2, 0.25) is 11.0 Å². The molecule has 1 aromatic rings. The van der Waals surface area contributed by atoms with Crippen molar-refractivity contribution < 1.29 is 39.7 Å². The number of hydrogen-bond acceptors (Lipinski definition) is 2. The van der Waals surface area contributed by atoms with Gasteiger partial charge in [-0.05, 0) is 30.2 Å². The Morgan fingerprint density at radius 2 is 1.71 bits per heavy atom. The van der Waals surface area contributed by atoms with E-state index in [1.807, 2.05) is 0 Å². The lowest BCUT2D eigenvalue weighted by atomic mass is 9.91. The van der Waals surface area contributed by atoms with Gasteiger partial charge in [-0.3, -0.25) is 4.31 Å². The molecule has 0 saturated carbocycles. The van der Waals surface area contributed by atoms with E-state index in [1.165, 1.54) is 19.1 Å². The fourth-order valence-electron chi connectivity index (χ4n) is 2.70. The maximum absolute atomic E-state index is 13.8. The van der Waals surface area contributed by atoms with Gasteiger partial charge >= 0.3 is 16.8 Å². The van der Waals surface area contributed by atoms with Crippen molar-refractivity contribution in [2.45, 2.75) is 42.3 Å². The molecular weight excluding hydrogens is 439 g/mol. The molecule has 3 nitrogen and oxygen atoms in total. The highest BCUT2D eigenvalue weighted by Gasteiger charge is 2.64. The zero-order chi connectivity index (χ0) is 21.3. The molecule has 1 aromatic carbocycles. The smallest absolute Gasteiger partial charge is 0.358 e. The van der Waals surface area contributed by atoms with Crippen LogP contribution in [0.1, 0.15) is 24.8 Å². The Morgan fingerprint density at radius 3 is 2.18 bits per heavy atom. The monoisotopic (exact) mass is 453 g/mol. The molecular formula is C16H15ClF7NO2S. The minimum Gasteiger partial charge on any atom is -0.358 e. The predicted molar refractivity (Wildman–Crippen MR) is 89.1 cm³/mol. The Hall–Kier alpha value is -1.33. The zero-order valence-corrected chi connectivity index (χ0v) is 15.8. The number of rotatable bonds is 6. The number of nitrogens with zero attached hydrogens (tertiary/aromatic N) is 1. The largest absolute Gasteiger partial charge is 0.431 e. The van der Waals surface area contributed by atoms with Crippen molar-refractivity contribution in [1.82, 2.24) is 4.31 Å². The molecule has 0 bridgehead atoms. The predicted octanol–water partition coefficient (Wildman–Crippen LogP) is 5.37. The third-order valence-corrected chi connectivity index (χ3v) is 5.75. The van der Waals surface area contributed by atoms with E-state index in [2.05, 4.69) is 11.6 Å². The second-order valence-electron chi connectivity index (χ2n) is 5.80. The van der Waals surface area contributed by atoms with Crippen molar-refractivity contribution in [2.24, 2.45) is 0 Å². The van der Waals surface area contributed by atoms with Gasteiger partial charge in [-0.15, -0.1) is 0 Å². The summed E-state index contributed by atoms with van der Waals surface area (Å²) >= 11 is 4.31. The van der Waals surface area contributed by atoms with Crippen LogP contribution >= 0.6 is 11.6 Å². The van der Waals surface area contributed by atoms with Gasteiger partial charge in [-0.1, -0.05) is 30.3 Å². The number of halogens is 8. The molecule has 1 aliphatic rings. The van der Waals surface area contributed by atoms with Gasteiger partial charge < -0.3 is 4.74 Å². The minimum absolute atomic E-state index is 0.228. The molecule has 1 heterocycles. The molecule has 0 aromatic heterocycles. The van der Waals surface area contributed by atoms with E-state index in [9.17, 15) is 34.9 Å². The first-order valence-corrected chi connectivity index (χ1v) is 9.40. The third kappa shape index (κ3) is 4.62. The molecule has 2 rings (SSSR count). The highest BCUT2D eigenvalue weighted by Crippen LogP contribution is 2.47. The topological polar surface area (TPSA) is 29.5 Å². The van der Waals surface area contributed by atoms with Gasteiger partial charge in [0.25, 0.3) is 0 Å². The second kappa shape index (κ2) is 8.19. The van der Waals surface area contributed by atoms with Crippen LogP contribution in [0.25, 0.3) is 0 Å². The van der Waals surface area contributed by atoms with Crippen LogP contribution in [0.2, 0.25) is 0 Å². The third-order valence-electron chi connectivity index (χ3n) is 3.92. The zero-order valence-electron chi connectivity index (χ0n) is 14.2. The summed E-state index contributed by atoms with van der Waals surface area (Å²) in [4.78, 5) is 0. The van der Waals surface area contributed by atoms with Crippen molar-refractivity contribution in [3.8, 4) is 0 Å². The van der Waals surface area contributed by atoms with Crippen molar-refractivity contribution in [2.75, 3.05) is 6.61 Å². The Labute approximate surface area is 163 Å². The number of ether oxygens (including phenoxy) is 1. The van der Waals surface area contributed by atoms with Gasteiger partial charge in [0, 0.05) is 18.9 Å². The van der Waals surface area contributed by atoms with Crippen LogP contribution in [0.15, 0.2) is 42.1 Å². The molecule has 1 unspecified atom stereocenters. The molecule has 0 amide bonds. The van der Waals surface area contributed by atoms with Gasteiger partial charge in [0.15, 0.2) is 0 Å². The van der Waals surface area contributed by atoms with E-state index in [0.29, 0.717) is 11.6 Å². The number of benzene rings is 1. The summed E-state index contributed by atoms with van der Waals surface area (Å²) in [5.41, 5.74) is -1.33. The van der Waals surface area contributed by atoms with Gasteiger partial charge in [0.1, 0.15) is 11.9 Å². The molecule has 0 N–H and O–H groups in total. The van der Waals surface area contributed by atoms with E-state index < -0.39 is 45.6 Å². The number of hydrogen-bond donors (Lipinski definition) is 0. The van der Waals surface area contributed by atoms with Crippen LogP contribution in [0, 0.1) is 0 Å². The van der Waals surface area contributed by atoms with Crippen LogP contribution < -0.4 is 0 Å². The number of alkyl halides is 8. The van der Waals surface area contributed by atoms with E-state index in [0.717, 1.165) is 0 Å². The fourth-order valence-corrected chi connectivity index (χ4v) is 4.05. The summed E-state index contributed by atoms with van der Waals surface area (Å²) in [6.07, 6.45) is -6.78. The van der Waals surface area contributed by atoms with E-state index >= 15 is 0 Å². The van der Waals surface area contributed by atoms with Crippen LogP contribution in [-0.2, 0) is 15.7 Å². The molecule has 0 radical (unpaired) electrons. The van der Waals surface area contributed by atoms with Crippen LogP contribution in [0.3, 0.4) is 0 Å². The summed E-state index contributed by atoms with van der Waals surface area (Å²) in [7, 11) is -4.16. The average molecular weight is 454 g/mol. The lowest BCUT2D eigenvalue weighted by molar-refractivity contribution is -0.131. The molecule has 3 atom stereocenters. The summed E-state index contributed by atoms with van der Waals surface area (Å²) in [5.74, 6) is -0.923. The average Bonchev–Trinajstić information content (AvgIpc) is 2.59. The fraction of sp³-hybridized carbons (Fsp3) is 0.500. The number of allylic oxidation sites excluding steroid dienone is 2. The highest BCUT2D eigenvalue weighted by atomic mass is 35.5. The molecule has 0 aliphatic carbocycles. The Kier molecular flexibility index (Phi) is 6.72. The minimum atomic E-state index is -5.46. The first-order valence-electron chi connectivity index (χ1n) is 7.92. The molecule has 0 fully saturated rings. The highest BCUT2D eigenvalue weighted by molar-refractivity contribution is 7.84. The van der Waals surface area contributed by atoms with E-state index in [1.54, 1.807) is 18.2 Å². The van der Waals surface area contributed by atoms with Gasteiger partial charge in [-0.2, -0.15) is 30.7 Å². The Morgan fingerprint density at radius 1 is 1.14 bits per heavy atom. The molecule has 28 heavy (non-hydrogen) atoms. The molecule has 0 saturated heterocycles. The quantitative estimate of drug-likeness (QED) is 0.428. The molecule has 12 heteroatoms.